The van der Waals surface area contributed by atoms with E-state index in [9.17, 15) is 5.11 Å². The van der Waals surface area contributed by atoms with Crippen LogP contribution in [0.15, 0.2) is 24.3 Å². The number of aliphatic hydroxyl groups is 1. The van der Waals surface area contributed by atoms with Crippen LogP contribution >= 0.6 is 12.4 Å². The summed E-state index contributed by atoms with van der Waals surface area (Å²) >= 11 is 0. The van der Waals surface area contributed by atoms with Crippen LogP contribution in [0.2, 0.25) is 0 Å². The van der Waals surface area contributed by atoms with Crippen molar-refractivity contribution in [2.75, 3.05) is 27.2 Å². The van der Waals surface area contributed by atoms with Gasteiger partial charge in [0.05, 0.1) is 0 Å². The van der Waals surface area contributed by atoms with Crippen molar-refractivity contribution < 1.29 is 9.84 Å². The molecule has 0 aliphatic carbocycles. The Labute approximate surface area is 103 Å². The first-order valence-corrected chi connectivity index (χ1v) is 5.10. The first-order valence-electron chi connectivity index (χ1n) is 5.10. The molecule has 1 atom stereocenters. The van der Waals surface area contributed by atoms with Crippen LogP contribution in [0.5, 0.6) is 5.75 Å². The first-order chi connectivity index (χ1) is 7.08. The molecule has 0 amide bonds. The molecular formula is C12H20ClNO2. The Morgan fingerprint density at radius 3 is 2.31 bits per heavy atom. The highest BCUT2D eigenvalue weighted by molar-refractivity contribution is 5.85. The van der Waals surface area contributed by atoms with E-state index in [2.05, 4.69) is 0 Å². The summed E-state index contributed by atoms with van der Waals surface area (Å²) in [7, 11) is 3.85. The molecule has 0 saturated heterocycles. The summed E-state index contributed by atoms with van der Waals surface area (Å²) in [6.45, 7) is 2.98. The largest absolute Gasteiger partial charge is 0.491 e. The molecule has 0 radical (unpaired) electrons. The van der Waals surface area contributed by atoms with Crippen LogP contribution in [-0.4, -0.2) is 43.4 Å². The number of likely N-dealkylation sites (N-methyl/N-ethyl adjacent to an activating group) is 1. The highest BCUT2D eigenvalue weighted by Gasteiger charge is 2.05. The first kappa shape index (κ1) is 15.2. The zero-order valence-corrected chi connectivity index (χ0v) is 10.8. The molecule has 0 aromatic heterocycles. The molecule has 0 heterocycles. The highest BCUT2D eigenvalue weighted by Crippen LogP contribution is 2.11. The quantitative estimate of drug-likeness (QED) is 0.858. The molecular weight excluding hydrogens is 226 g/mol. The number of benzene rings is 1. The number of aliphatic hydroxyl groups excluding tert-OH is 1. The predicted molar refractivity (Wildman–Crippen MR) is 68.5 cm³/mol. The summed E-state index contributed by atoms with van der Waals surface area (Å²) in [5, 5.41) is 9.57. The predicted octanol–water partition coefficient (Wildman–Crippen LogP) is 1.72. The van der Waals surface area contributed by atoms with Crippen LogP contribution in [0.1, 0.15) is 5.56 Å². The molecule has 1 aromatic carbocycles. The number of hydrogen-bond donors (Lipinski definition) is 1. The van der Waals surface area contributed by atoms with E-state index in [4.69, 9.17) is 4.74 Å². The lowest BCUT2D eigenvalue weighted by Crippen LogP contribution is -2.30. The maximum Gasteiger partial charge on any atom is 0.119 e. The molecule has 4 heteroatoms. The molecule has 0 saturated carbocycles. The molecule has 1 aromatic rings. The summed E-state index contributed by atoms with van der Waals surface area (Å²) < 4.78 is 5.45. The van der Waals surface area contributed by atoms with Crippen molar-refractivity contribution in [2.45, 2.75) is 13.0 Å². The number of ether oxygens (including phenoxy) is 1. The third kappa shape index (κ3) is 5.95. The zero-order valence-electron chi connectivity index (χ0n) is 10.0. The maximum absolute atomic E-state index is 9.57. The second-order valence-electron chi connectivity index (χ2n) is 4.04. The topological polar surface area (TPSA) is 32.7 Å². The monoisotopic (exact) mass is 245 g/mol. The number of aryl methyl sites for hydroxylation is 1. The van der Waals surface area contributed by atoms with Gasteiger partial charge in [-0.15, -0.1) is 12.4 Å². The molecule has 1 N–H and O–H groups in total. The molecule has 92 valence electrons. The fourth-order valence-electron chi connectivity index (χ4n) is 1.30. The van der Waals surface area contributed by atoms with Crippen LogP contribution in [-0.2, 0) is 0 Å². The lowest BCUT2D eigenvalue weighted by Gasteiger charge is -2.16. The van der Waals surface area contributed by atoms with Gasteiger partial charge in [0.1, 0.15) is 18.5 Å². The van der Waals surface area contributed by atoms with Gasteiger partial charge in [-0.2, -0.15) is 0 Å². The van der Waals surface area contributed by atoms with E-state index in [1.54, 1.807) is 0 Å². The van der Waals surface area contributed by atoms with Crippen LogP contribution in [0.25, 0.3) is 0 Å². The minimum absolute atomic E-state index is 0. The summed E-state index contributed by atoms with van der Waals surface area (Å²) in [5.41, 5.74) is 1.20. The van der Waals surface area contributed by atoms with Crippen molar-refractivity contribution in [2.24, 2.45) is 0 Å². The van der Waals surface area contributed by atoms with E-state index in [0.717, 1.165) is 5.75 Å². The van der Waals surface area contributed by atoms with Gasteiger partial charge in [-0.25, -0.2) is 0 Å². The fourth-order valence-corrected chi connectivity index (χ4v) is 1.30. The van der Waals surface area contributed by atoms with Gasteiger partial charge < -0.3 is 14.7 Å². The van der Waals surface area contributed by atoms with Crippen molar-refractivity contribution in [3.63, 3.8) is 0 Å². The molecule has 1 unspecified atom stereocenters. The summed E-state index contributed by atoms with van der Waals surface area (Å²) in [6.07, 6.45) is -0.443. The van der Waals surface area contributed by atoms with Gasteiger partial charge in [0.2, 0.25) is 0 Å². The van der Waals surface area contributed by atoms with Crippen LogP contribution < -0.4 is 4.74 Å². The maximum atomic E-state index is 9.57. The Morgan fingerprint density at radius 2 is 1.81 bits per heavy atom. The Hall–Kier alpha value is -0.770. The molecule has 0 aliphatic rings. The van der Waals surface area contributed by atoms with Gasteiger partial charge in [-0.05, 0) is 33.2 Å². The van der Waals surface area contributed by atoms with E-state index < -0.39 is 6.10 Å². The van der Waals surface area contributed by atoms with E-state index in [0.29, 0.717) is 13.2 Å². The average molecular weight is 246 g/mol. The highest BCUT2D eigenvalue weighted by atomic mass is 35.5. The number of nitrogens with zero attached hydrogens (tertiary/aromatic N) is 1. The molecule has 1 rings (SSSR count). The van der Waals surface area contributed by atoms with Crippen LogP contribution in [0.4, 0.5) is 0 Å². The molecule has 0 spiro atoms. The van der Waals surface area contributed by atoms with E-state index in [1.165, 1.54) is 5.56 Å². The van der Waals surface area contributed by atoms with Gasteiger partial charge in [-0.1, -0.05) is 17.7 Å². The minimum atomic E-state index is -0.443. The standard InChI is InChI=1S/C12H19NO2.ClH/c1-10-4-6-12(7-5-10)15-9-11(14)8-13(2)3;/h4-7,11,14H,8-9H2,1-3H3;1H. The molecule has 0 fully saturated rings. The zero-order chi connectivity index (χ0) is 11.3. The van der Waals surface area contributed by atoms with E-state index in [1.807, 2.05) is 50.2 Å². The number of hydrogen-bond acceptors (Lipinski definition) is 3. The molecule has 0 aliphatic heterocycles. The van der Waals surface area contributed by atoms with Gasteiger partial charge in [0.25, 0.3) is 0 Å². The minimum Gasteiger partial charge on any atom is -0.491 e. The van der Waals surface area contributed by atoms with Crippen molar-refractivity contribution in [1.29, 1.82) is 0 Å². The third-order valence-electron chi connectivity index (χ3n) is 2.04. The SMILES string of the molecule is Cc1ccc(OCC(O)CN(C)C)cc1.Cl. The second-order valence-corrected chi connectivity index (χ2v) is 4.04. The van der Waals surface area contributed by atoms with Crippen LogP contribution in [0, 0.1) is 6.92 Å². The van der Waals surface area contributed by atoms with Crippen LogP contribution in [0.3, 0.4) is 0 Å². The Bertz CT molecular complexity index is 288. The van der Waals surface area contributed by atoms with Gasteiger partial charge in [0.15, 0.2) is 0 Å². The normalized spacial score (nSPS) is 12.1. The lowest BCUT2D eigenvalue weighted by atomic mass is 10.2. The van der Waals surface area contributed by atoms with Crippen molar-refractivity contribution in [3.8, 4) is 5.75 Å². The molecule has 16 heavy (non-hydrogen) atoms. The summed E-state index contributed by atoms with van der Waals surface area (Å²) in [4.78, 5) is 1.93. The van der Waals surface area contributed by atoms with E-state index in [-0.39, 0.29) is 12.4 Å². The van der Waals surface area contributed by atoms with Crippen molar-refractivity contribution >= 4 is 12.4 Å². The number of halogens is 1. The molecule has 0 bridgehead atoms. The smallest absolute Gasteiger partial charge is 0.119 e. The van der Waals surface area contributed by atoms with Gasteiger partial charge in [-0.3, -0.25) is 0 Å². The Kier molecular flexibility index (Phi) is 7.13. The van der Waals surface area contributed by atoms with Gasteiger partial charge in [0, 0.05) is 6.54 Å². The Balaban J connectivity index is 0.00000225. The second kappa shape index (κ2) is 7.49. The van der Waals surface area contributed by atoms with Gasteiger partial charge >= 0.3 is 0 Å². The van der Waals surface area contributed by atoms with E-state index >= 15 is 0 Å². The average Bonchev–Trinajstić information content (AvgIpc) is 2.16. The van der Waals surface area contributed by atoms with Crippen molar-refractivity contribution in [1.82, 2.24) is 4.90 Å². The summed E-state index contributed by atoms with van der Waals surface area (Å²) in [5.74, 6) is 0.804. The third-order valence-corrected chi connectivity index (χ3v) is 2.04. The lowest BCUT2D eigenvalue weighted by molar-refractivity contribution is 0.0831. The van der Waals surface area contributed by atoms with Crippen molar-refractivity contribution in [3.05, 3.63) is 29.8 Å². The fraction of sp³-hybridized carbons (Fsp3) is 0.500. The molecule has 3 nitrogen and oxygen atoms in total. The summed E-state index contributed by atoms with van der Waals surface area (Å²) in [6, 6.07) is 7.82. The Morgan fingerprint density at radius 1 is 1.25 bits per heavy atom. The number of rotatable bonds is 5.